The van der Waals surface area contributed by atoms with Crippen molar-refractivity contribution in [2.45, 2.75) is 6.42 Å². The molecule has 1 aromatic carbocycles. The van der Waals surface area contributed by atoms with Gasteiger partial charge in [-0.1, -0.05) is 18.2 Å². The van der Waals surface area contributed by atoms with E-state index in [1.54, 1.807) is 12.5 Å². The number of hydrogen-bond donors (Lipinski definition) is 1. The Bertz CT molecular complexity index is 690. The van der Waals surface area contributed by atoms with E-state index in [1.807, 2.05) is 37.4 Å². The zero-order chi connectivity index (χ0) is 13.1. The van der Waals surface area contributed by atoms with E-state index >= 15 is 0 Å². The zero-order valence-corrected chi connectivity index (χ0v) is 10.8. The molecule has 0 spiro atoms. The second-order valence-corrected chi connectivity index (χ2v) is 4.36. The maximum atomic E-state index is 5.55. The van der Waals surface area contributed by atoms with Crippen molar-refractivity contribution in [3.05, 3.63) is 48.6 Å². The van der Waals surface area contributed by atoms with E-state index in [2.05, 4.69) is 15.3 Å². The molecule has 0 aliphatic rings. The van der Waals surface area contributed by atoms with Crippen LogP contribution in [0.25, 0.3) is 22.2 Å². The molecular formula is C15H15N3O. The molecule has 0 amide bonds. The van der Waals surface area contributed by atoms with E-state index in [9.17, 15) is 0 Å². The molecule has 4 heteroatoms. The molecule has 0 bridgehead atoms. The molecule has 0 fully saturated rings. The number of hydrogen-bond acceptors (Lipinski definition) is 4. The molecule has 0 radical (unpaired) electrons. The average molecular weight is 253 g/mol. The van der Waals surface area contributed by atoms with Crippen LogP contribution in [0.15, 0.2) is 47.2 Å². The fraction of sp³-hybridized carbons (Fsp3) is 0.200. The van der Waals surface area contributed by atoms with Crippen molar-refractivity contribution in [2.75, 3.05) is 13.6 Å². The summed E-state index contributed by atoms with van der Waals surface area (Å²) in [7, 11) is 1.92. The highest BCUT2D eigenvalue weighted by atomic mass is 16.3. The van der Waals surface area contributed by atoms with Crippen molar-refractivity contribution in [3.8, 4) is 11.3 Å². The van der Waals surface area contributed by atoms with Crippen molar-refractivity contribution in [1.82, 2.24) is 15.3 Å². The normalized spacial score (nSPS) is 11.0. The van der Waals surface area contributed by atoms with Crippen LogP contribution >= 0.6 is 0 Å². The Hall–Kier alpha value is -2.20. The Morgan fingerprint density at radius 1 is 1.21 bits per heavy atom. The molecule has 2 aromatic heterocycles. The average Bonchev–Trinajstić information content (AvgIpc) is 2.89. The zero-order valence-electron chi connectivity index (χ0n) is 10.8. The molecule has 0 saturated heterocycles. The standard InChI is InChI=1S/C15H15N3O/c1-16-8-7-15-17-9-6-13(18-15)12-10-19-14-5-3-2-4-11(12)14/h2-6,9-10,16H,7-8H2,1H3. The van der Waals surface area contributed by atoms with Crippen LogP contribution in [-0.2, 0) is 6.42 Å². The van der Waals surface area contributed by atoms with Crippen LogP contribution in [0.3, 0.4) is 0 Å². The minimum atomic E-state index is 0.820. The van der Waals surface area contributed by atoms with Gasteiger partial charge in [-0.3, -0.25) is 0 Å². The first-order valence-corrected chi connectivity index (χ1v) is 6.31. The van der Waals surface area contributed by atoms with Crippen molar-refractivity contribution in [1.29, 1.82) is 0 Å². The van der Waals surface area contributed by atoms with Crippen LogP contribution in [0.2, 0.25) is 0 Å². The van der Waals surface area contributed by atoms with Crippen LogP contribution in [0.4, 0.5) is 0 Å². The van der Waals surface area contributed by atoms with Gasteiger partial charge in [0, 0.05) is 30.1 Å². The van der Waals surface area contributed by atoms with Crippen LogP contribution in [-0.4, -0.2) is 23.6 Å². The number of nitrogens with zero attached hydrogens (tertiary/aromatic N) is 2. The lowest BCUT2D eigenvalue weighted by Gasteiger charge is -2.02. The Morgan fingerprint density at radius 3 is 3.00 bits per heavy atom. The Morgan fingerprint density at radius 2 is 2.11 bits per heavy atom. The van der Waals surface area contributed by atoms with Gasteiger partial charge in [0.05, 0.1) is 5.69 Å². The second kappa shape index (κ2) is 5.20. The molecular weight excluding hydrogens is 238 g/mol. The van der Waals surface area contributed by atoms with Gasteiger partial charge < -0.3 is 9.73 Å². The molecule has 0 aliphatic carbocycles. The van der Waals surface area contributed by atoms with Gasteiger partial charge in [0.1, 0.15) is 17.7 Å². The van der Waals surface area contributed by atoms with E-state index in [-0.39, 0.29) is 0 Å². The maximum Gasteiger partial charge on any atom is 0.134 e. The van der Waals surface area contributed by atoms with Gasteiger partial charge in [0.15, 0.2) is 0 Å². The van der Waals surface area contributed by atoms with Crippen molar-refractivity contribution in [2.24, 2.45) is 0 Å². The molecule has 0 atom stereocenters. The lowest BCUT2D eigenvalue weighted by Crippen LogP contribution is -2.12. The fourth-order valence-corrected chi connectivity index (χ4v) is 2.08. The largest absolute Gasteiger partial charge is 0.464 e. The van der Waals surface area contributed by atoms with Crippen molar-refractivity contribution < 1.29 is 4.42 Å². The summed E-state index contributed by atoms with van der Waals surface area (Å²) in [6, 6.07) is 9.89. The summed E-state index contributed by atoms with van der Waals surface area (Å²) in [5.41, 5.74) is 2.81. The highest BCUT2D eigenvalue weighted by Gasteiger charge is 2.09. The summed E-state index contributed by atoms with van der Waals surface area (Å²) in [6.07, 6.45) is 4.38. The number of furan rings is 1. The van der Waals surface area contributed by atoms with Crippen molar-refractivity contribution >= 4 is 11.0 Å². The first-order chi connectivity index (χ1) is 9.38. The SMILES string of the molecule is CNCCc1nccc(-c2coc3ccccc23)n1. The molecule has 2 heterocycles. The first-order valence-electron chi connectivity index (χ1n) is 6.31. The lowest BCUT2D eigenvalue weighted by molar-refractivity contribution is 0.616. The predicted molar refractivity (Wildman–Crippen MR) is 74.9 cm³/mol. The van der Waals surface area contributed by atoms with Crippen molar-refractivity contribution in [3.63, 3.8) is 0 Å². The summed E-state index contributed by atoms with van der Waals surface area (Å²) in [6.45, 7) is 0.871. The Balaban J connectivity index is 2.01. The van der Waals surface area contributed by atoms with Crippen LogP contribution in [0, 0.1) is 0 Å². The number of nitrogens with one attached hydrogen (secondary N) is 1. The topological polar surface area (TPSA) is 51.0 Å². The van der Waals surface area contributed by atoms with E-state index in [0.29, 0.717) is 0 Å². The van der Waals surface area contributed by atoms with Gasteiger partial charge in [-0.2, -0.15) is 0 Å². The molecule has 0 unspecified atom stereocenters. The van der Waals surface area contributed by atoms with Gasteiger partial charge in [-0.05, 0) is 19.2 Å². The highest BCUT2D eigenvalue weighted by molar-refractivity contribution is 5.92. The summed E-state index contributed by atoms with van der Waals surface area (Å²) in [5, 5.41) is 4.19. The molecule has 0 saturated carbocycles. The fourth-order valence-electron chi connectivity index (χ4n) is 2.08. The van der Waals surface area contributed by atoms with E-state index in [4.69, 9.17) is 4.42 Å². The number of aromatic nitrogens is 2. The van der Waals surface area contributed by atoms with Gasteiger partial charge in [-0.25, -0.2) is 9.97 Å². The summed E-state index contributed by atoms with van der Waals surface area (Å²) >= 11 is 0. The molecule has 1 N–H and O–H groups in total. The number of benzene rings is 1. The highest BCUT2D eigenvalue weighted by Crippen LogP contribution is 2.28. The molecule has 3 rings (SSSR count). The molecule has 3 aromatic rings. The van der Waals surface area contributed by atoms with Crippen LogP contribution < -0.4 is 5.32 Å². The lowest BCUT2D eigenvalue weighted by atomic mass is 10.1. The third-order valence-electron chi connectivity index (χ3n) is 3.06. The Labute approximate surface area is 111 Å². The van der Waals surface area contributed by atoms with E-state index in [1.165, 1.54) is 0 Å². The van der Waals surface area contributed by atoms with E-state index < -0.39 is 0 Å². The predicted octanol–water partition coefficient (Wildman–Crippen LogP) is 2.65. The van der Waals surface area contributed by atoms with Gasteiger partial charge in [0.25, 0.3) is 0 Å². The minimum Gasteiger partial charge on any atom is -0.464 e. The smallest absolute Gasteiger partial charge is 0.134 e. The summed E-state index contributed by atoms with van der Waals surface area (Å²) in [4.78, 5) is 8.88. The monoisotopic (exact) mass is 253 g/mol. The van der Waals surface area contributed by atoms with Gasteiger partial charge in [0.2, 0.25) is 0 Å². The number of para-hydroxylation sites is 1. The molecule has 0 aliphatic heterocycles. The second-order valence-electron chi connectivity index (χ2n) is 4.36. The van der Waals surface area contributed by atoms with Gasteiger partial charge in [-0.15, -0.1) is 0 Å². The third kappa shape index (κ3) is 2.35. The summed E-state index contributed by atoms with van der Waals surface area (Å²) < 4.78 is 5.55. The summed E-state index contributed by atoms with van der Waals surface area (Å²) in [5.74, 6) is 0.845. The van der Waals surface area contributed by atoms with Crippen LogP contribution in [0.5, 0.6) is 0 Å². The van der Waals surface area contributed by atoms with Gasteiger partial charge >= 0.3 is 0 Å². The minimum absolute atomic E-state index is 0.820. The Kier molecular flexibility index (Phi) is 3.25. The molecule has 4 nitrogen and oxygen atoms in total. The quantitative estimate of drug-likeness (QED) is 0.776. The van der Waals surface area contributed by atoms with E-state index in [0.717, 1.165) is 41.0 Å². The first kappa shape index (κ1) is 11.9. The molecule has 96 valence electrons. The molecule has 19 heavy (non-hydrogen) atoms. The number of rotatable bonds is 4. The number of fused-ring (bicyclic) bond motifs is 1. The maximum absolute atomic E-state index is 5.55. The number of likely N-dealkylation sites (N-methyl/N-ethyl adjacent to an activating group) is 1. The van der Waals surface area contributed by atoms with Crippen LogP contribution in [0.1, 0.15) is 5.82 Å². The third-order valence-corrected chi connectivity index (χ3v) is 3.06.